The fraction of sp³-hybridized carbons (Fsp3) is 0.286. The monoisotopic (exact) mass is 277 g/mol. The van der Waals surface area contributed by atoms with Crippen molar-refractivity contribution < 1.29 is 13.7 Å². The number of anilines is 1. The average Bonchev–Trinajstić information content (AvgIpc) is 2.70. The molecular weight excluding hydrogens is 261 g/mol. The summed E-state index contributed by atoms with van der Waals surface area (Å²) in [6.45, 7) is 3.88. The molecule has 0 atom stereocenters. The number of halogens is 1. The summed E-state index contributed by atoms with van der Waals surface area (Å²) < 4.78 is 18.8. The van der Waals surface area contributed by atoms with Crippen LogP contribution in [-0.4, -0.2) is 23.0 Å². The van der Waals surface area contributed by atoms with E-state index in [1.807, 2.05) is 0 Å². The van der Waals surface area contributed by atoms with Gasteiger partial charge >= 0.3 is 0 Å². The average molecular weight is 277 g/mol. The number of rotatable bonds is 3. The molecule has 0 saturated carbocycles. The summed E-state index contributed by atoms with van der Waals surface area (Å²) in [6.07, 6.45) is 0. The van der Waals surface area contributed by atoms with Gasteiger partial charge in [-0.25, -0.2) is 4.39 Å². The Hall–Kier alpha value is -2.37. The van der Waals surface area contributed by atoms with E-state index in [4.69, 9.17) is 10.3 Å². The van der Waals surface area contributed by atoms with Gasteiger partial charge in [0, 0.05) is 18.3 Å². The summed E-state index contributed by atoms with van der Waals surface area (Å²) in [5, 5.41) is 3.83. The lowest BCUT2D eigenvalue weighted by atomic mass is 10.1. The zero-order valence-electron chi connectivity index (χ0n) is 11.6. The summed E-state index contributed by atoms with van der Waals surface area (Å²) in [5.41, 5.74) is 7.30. The second-order valence-corrected chi connectivity index (χ2v) is 4.70. The predicted octanol–water partition coefficient (Wildman–Crippen LogP) is 2.28. The van der Waals surface area contributed by atoms with E-state index in [1.165, 1.54) is 17.0 Å². The summed E-state index contributed by atoms with van der Waals surface area (Å²) >= 11 is 0. The number of nitrogens with two attached hydrogens (primary N) is 1. The second-order valence-electron chi connectivity index (χ2n) is 4.70. The number of hydrogen-bond donors (Lipinski definition) is 1. The molecule has 0 aliphatic rings. The normalized spacial score (nSPS) is 10.6. The molecule has 1 amide bonds. The molecule has 2 rings (SSSR count). The topological polar surface area (TPSA) is 72.4 Å². The highest BCUT2D eigenvalue weighted by Gasteiger charge is 2.19. The molecule has 0 aliphatic heterocycles. The summed E-state index contributed by atoms with van der Waals surface area (Å²) in [5.74, 6) is -0.386. The molecule has 0 radical (unpaired) electrons. The number of aromatic nitrogens is 1. The van der Waals surface area contributed by atoms with Crippen LogP contribution in [0.5, 0.6) is 0 Å². The third-order valence-electron chi connectivity index (χ3n) is 3.15. The summed E-state index contributed by atoms with van der Waals surface area (Å²) in [6, 6.07) is 4.02. The molecule has 0 spiro atoms. The first-order valence-corrected chi connectivity index (χ1v) is 6.12. The van der Waals surface area contributed by atoms with Crippen LogP contribution in [0.2, 0.25) is 0 Å². The Labute approximate surface area is 116 Å². The summed E-state index contributed by atoms with van der Waals surface area (Å²) in [4.78, 5) is 13.6. The van der Waals surface area contributed by atoms with Crippen LogP contribution in [0.15, 0.2) is 22.7 Å². The van der Waals surface area contributed by atoms with Crippen molar-refractivity contribution in [3.8, 4) is 0 Å². The van der Waals surface area contributed by atoms with Gasteiger partial charge in [-0.05, 0) is 32.0 Å². The molecule has 0 saturated heterocycles. The van der Waals surface area contributed by atoms with Crippen LogP contribution in [0.25, 0.3) is 0 Å². The maximum absolute atomic E-state index is 13.7. The number of hydrogen-bond acceptors (Lipinski definition) is 4. The number of carbonyl (C=O) groups excluding carboxylic acids is 1. The van der Waals surface area contributed by atoms with Crippen LogP contribution in [0.4, 0.5) is 10.1 Å². The van der Waals surface area contributed by atoms with Crippen LogP contribution in [0.1, 0.15) is 27.4 Å². The molecule has 20 heavy (non-hydrogen) atoms. The number of nitrogens with zero attached hydrogens (tertiary/aromatic N) is 2. The van der Waals surface area contributed by atoms with E-state index in [-0.39, 0.29) is 11.3 Å². The van der Waals surface area contributed by atoms with E-state index in [2.05, 4.69) is 5.16 Å². The van der Waals surface area contributed by atoms with Gasteiger partial charge in [-0.1, -0.05) is 5.16 Å². The SMILES string of the molecule is Cc1noc(C)c1CN(C)C(=O)c1ccc(N)cc1F. The van der Waals surface area contributed by atoms with Gasteiger partial charge < -0.3 is 15.2 Å². The van der Waals surface area contributed by atoms with E-state index in [0.29, 0.717) is 12.3 Å². The van der Waals surface area contributed by atoms with Crippen LogP contribution in [-0.2, 0) is 6.54 Å². The van der Waals surface area contributed by atoms with Crippen LogP contribution >= 0.6 is 0 Å². The van der Waals surface area contributed by atoms with Crippen molar-refractivity contribution in [2.75, 3.05) is 12.8 Å². The van der Waals surface area contributed by atoms with Gasteiger partial charge in [0.15, 0.2) is 0 Å². The van der Waals surface area contributed by atoms with Gasteiger partial charge in [0.1, 0.15) is 11.6 Å². The molecule has 106 valence electrons. The minimum Gasteiger partial charge on any atom is -0.399 e. The minimum absolute atomic E-state index is 0.00606. The smallest absolute Gasteiger partial charge is 0.256 e. The third kappa shape index (κ3) is 2.64. The first-order valence-electron chi connectivity index (χ1n) is 6.12. The molecule has 0 unspecified atom stereocenters. The molecule has 6 heteroatoms. The molecule has 1 aromatic heterocycles. The van der Waals surface area contributed by atoms with Gasteiger partial charge in [0.25, 0.3) is 5.91 Å². The van der Waals surface area contributed by atoms with Crippen LogP contribution < -0.4 is 5.73 Å². The van der Waals surface area contributed by atoms with E-state index in [0.717, 1.165) is 17.3 Å². The first kappa shape index (κ1) is 14.0. The van der Waals surface area contributed by atoms with Crippen molar-refractivity contribution in [1.82, 2.24) is 10.1 Å². The van der Waals surface area contributed by atoms with Crippen LogP contribution in [0, 0.1) is 19.7 Å². The standard InChI is InChI=1S/C14H16FN3O2/c1-8-12(9(2)20-17-8)7-18(3)14(19)11-5-4-10(16)6-13(11)15/h4-6H,7,16H2,1-3H3. The number of aryl methyl sites for hydroxylation is 2. The Morgan fingerprint density at radius 1 is 1.45 bits per heavy atom. The molecule has 0 fully saturated rings. The van der Waals surface area contributed by atoms with E-state index in [1.54, 1.807) is 20.9 Å². The molecule has 2 N–H and O–H groups in total. The van der Waals surface area contributed by atoms with Crippen molar-refractivity contribution in [2.24, 2.45) is 0 Å². The molecule has 1 heterocycles. The molecule has 5 nitrogen and oxygen atoms in total. The van der Waals surface area contributed by atoms with Crippen LogP contribution in [0.3, 0.4) is 0 Å². The number of carbonyl (C=O) groups is 1. The van der Waals surface area contributed by atoms with Crippen molar-refractivity contribution in [3.63, 3.8) is 0 Å². The van der Waals surface area contributed by atoms with Crippen molar-refractivity contribution >= 4 is 11.6 Å². The third-order valence-corrected chi connectivity index (χ3v) is 3.15. The van der Waals surface area contributed by atoms with E-state index >= 15 is 0 Å². The maximum Gasteiger partial charge on any atom is 0.256 e. The molecule has 2 aromatic rings. The van der Waals surface area contributed by atoms with E-state index < -0.39 is 11.7 Å². The summed E-state index contributed by atoms with van der Waals surface area (Å²) in [7, 11) is 1.60. The van der Waals surface area contributed by atoms with Gasteiger partial charge in [-0.2, -0.15) is 0 Å². The zero-order chi connectivity index (χ0) is 14.9. The minimum atomic E-state index is -0.624. The number of benzene rings is 1. The van der Waals surface area contributed by atoms with Gasteiger partial charge in [-0.15, -0.1) is 0 Å². The lowest BCUT2D eigenvalue weighted by molar-refractivity contribution is 0.0780. The van der Waals surface area contributed by atoms with Crippen molar-refractivity contribution in [2.45, 2.75) is 20.4 Å². The fourth-order valence-electron chi connectivity index (χ4n) is 1.95. The highest BCUT2D eigenvalue weighted by Crippen LogP contribution is 2.18. The fourth-order valence-corrected chi connectivity index (χ4v) is 1.95. The first-order chi connectivity index (χ1) is 9.40. The maximum atomic E-state index is 13.7. The number of nitrogen functional groups attached to an aromatic ring is 1. The van der Waals surface area contributed by atoms with Gasteiger partial charge in [0.05, 0.1) is 17.8 Å². The second kappa shape index (κ2) is 5.32. The van der Waals surface area contributed by atoms with Crippen molar-refractivity contribution in [1.29, 1.82) is 0 Å². The molecular formula is C14H16FN3O2. The molecule has 1 aromatic carbocycles. The van der Waals surface area contributed by atoms with Gasteiger partial charge in [-0.3, -0.25) is 4.79 Å². The predicted molar refractivity (Wildman–Crippen MR) is 72.6 cm³/mol. The highest BCUT2D eigenvalue weighted by atomic mass is 19.1. The number of amides is 1. The highest BCUT2D eigenvalue weighted by molar-refractivity contribution is 5.94. The zero-order valence-corrected chi connectivity index (χ0v) is 11.6. The lowest BCUT2D eigenvalue weighted by Crippen LogP contribution is -2.27. The van der Waals surface area contributed by atoms with Gasteiger partial charge in [0.2, 0.25) is 0 Å². The van der Waals surface area contributed by atoms with Crippen molar-refractivity contribution in [3.05, 3.63) is 46.6 Å². The molecule has 0 aliphatic carbocycles. The Kier molecular flexibility index (Phi) is 3.74. The Morgan fingerprint density at radius 3 is 2.70 bits per heavy atom. The Balaban J connectivity index is 2.21. The Morgan fingerprint density at radius 2 is 2.15 bits per heavy atom. The quantitative estimate of drug-likeness (QED) is 0.874. The van der Waals surface area contributed by atoms with E-state index in [9.17, 15) is 9.18 Å². The molecule has 0 bridgehead atoms. The lowest BCUT2D eigenvalue weighted by Gasteiger charge is -2.17. The Bertz CT molecular complexity index is 632. The largest absolute Gasteiger partial charge is 0.399 e.